The number of aromatic amines is 2. The summed E-state index contributed by atoms with van der Waals surface area (Å²) in [5.74, 6) is -0.0502. The maximum atomic E-state index is 12.4. The molecule has 2 aromatic carbocycles. The molecule has 5 aromatic rings. The second-order valence-corrected chi connectivity index (χ2v) is 6.98. The van der Waals surface area contributed by atoms with Crippen LogP contribution in [0.5, 0.6) is 0 Å². The zero-order chi connectivity index (χ0) is 20.5. The quantitative estimate of drug-likeness (QED) is 0.422. The molecule has 0 aliphatic rings. The summed E-state index contributed by atoms with van der Waals surface area (Å²) in [5.41, 5.74) is 3.90. The lowest BCUT2D eigenvalue weighted by atomic mass is 10.1. The van der Waals surface area contributed by atoms with Crippen LogP contribution in [0.1, 0.15) is 12.0 Å². The first-order valence-electron chi connectivity index (χ1n) is 9.56. The molecule has 0 unspecified atom stereocenters. The van der Waals surface area contributed by atoms with Crippen LogP contribution >= 0.6 is 0 Å². The van der Waals surface area contributed by atoms with Crippen LogP contribution in [0, 0.1) is 0 Å². The number of hydrogen-bond acceptors (Lipinski definition) is 4. The van der Waals surface area contributed by atoms with Gasteiger partial charge < -0.3 is 15.3 Å². The van der Waals surface area contributed by atoms with Crippen molar-refractivity contribution in [2.75, 3.05) is 5.32 Å². The fourth-order valence-corrected chi connectivity index (χ4v) is 3.54. The molecule has 5 rings (SSSR count). The van der Waals surface area contributed by atoms with Gasteiger partial charge in [0.15, 0.2) is 5.65 Å². The Kier molecular flexibility index (Phi) is 4.36. The summed E-state index contributed by atoms with van der Waals surface area (Å²) in [4.78, 5) is 34.2. The summed E-state index contributed by atoms with van der Waals surface area (Å²) in [6, 6.07) is 15.3. The number of nitrogens with one attached hydrogen (secondary N) is 3. The minimum absolute atomic E-state index is 0.0502. The highest BCUT2D eigenvalue weighted by Gasteiger charge is 2.10. The molecule has 0 saturated carbocycles. The number of hydrogen-bond donors (Lipinski definition) is 3. The van der Waals surface area contributed by atoms with E-state index in [2.05, 4.69) is 31.4 Å². The van der Waals surface area contributed by atoms with Gasteiger partial charge in [-0.3, -0.25) is 9.59 Å². The predicted octanol–water partition coefficient (Wildman–Crippen LogP) is 3.16. The molecule has 0 fully saturated rings. The molecule has 0 saturated heterocycles. The van der Waals surface area contributed by atoms with Crippen molar-refractivity contribution in [2.24, 2.45) is 0 Å². The normalized spacial score (nSPS) is 11.2. The van der Waals surface area contributed by atoms with Crippen LogP contribution in [-0.2, 0) is 11.2 Å². The molecule has 1 amide bonds. The number of para-hydroxylation sites is 1. The van der Waals surface area contributed by atoms with Gasteiger partial charge in [-0.2, -0.15) is 5.10 Å². The highest BCUT2D eigenvalue weighted by atomic mass is 16.1. The summed E-state index contributed by atoms with van der Waals surface area (Å²) >= 11 is 0. The first-order chi connectivity index (χ1) is 14.7. The Morgan fingerprint density at radius 3 is 2.73 bits per heavy atom. The zero-order valence-corrected chi connectivity index (χ0v) is 15.9. The second kappa shape index (κ2) is 7.32. The van der Waals surface area contributed by atoms with Crippen LogP contribution in [0.3, 0.4) is 0 Å². The SMILES string of the molecule is O=C(CCc1c[nH]c2ccccc12)Nc1ccc(-n2ncc3c(=O)[nH]cnc32)cc1. The van der Waals surface area contributed by atoms with Crippen molar-refractivity contribution in [3.05, 3.63) is 83.2 Å². The Morgan fingerprint density at radius 2 is 1.87 bits per heavy atom. The van der Waals surface area contributed by atoms with Crippen LogP contribution in [-0.4, -0.2) is 30.6 Å². The van der Waals surface area contributed by atoms with Crippen LogP contribution in [0.15, 0.2) is 72.0 Å². The summed E-state index contributed by atoms with van der Waals surface area (Å²) in [7, 11) is 0. The Morgan fingerprint density at radius 1 is 1.03 bits per heavy atom. The molecular formula is C22H18N6O2. The average Bonchev–Trinajstić information content (AvgIpc) is 3.38. The van der Waals surface area contributed by atoms with Crippen LogP contribution in [0.4, 0.5) is 5.69 Å². The lowest BCUT2D eigenvalue weighted by Gasteiger charge is -2.07. The van der Waals surface area contributed by atoms with Gasteiger partial charge in [0.05, 0.1) is 18.2 Å². The first kappa shape index (κ1) is 17.9. The van der Waals surface area contributed by atoms with Gasteiger partial charge in [-0.15, -0.1) is 0 Å². The van der Waals surface area contributed by atoms with Gasteiger partial charge in [0.2, 0.25) is 5.91 Å². The van der Waals surface area contributed by atoms with E-state index in [1.54, 1.807) is 16.8 Å². The van der Waals surface area contributed by atoms with Crippen molar-refractivity contribution in [3.8, 4) is 5.69 Å². The van der Waals surface area contributed by atoms with Crippen molar-refractivity contribution < 1.29 is 4.79 Å². The number of fused-ring (bicyclic) bond motifs is 2. The van der Waals surface area contributed by atoms with Crippen molar-refractivity contribution >= 4 is 33.5 Å². The van der Waals surface area contributed by atoms with Crippen molar-refractivity contribution in [3.63, 3.8) is 0 Å². The lowest BCUT2D eigenvalue weighted by Crippen LogP contribution is -2.12. The van der Waals surface area contributed by atoms with Gasteiger partial charge in [0, 0.05) is 29.2 Å². The Balaban J connectivity index is 1.27. The average molecular weight is 398 g/mol. The van der Waals surface area contributed by atoms with E-state index in [1.807, 2.05) is 36.5 Å². The topological polar surface area (TPSA) is 108 Å². The summed E-state index contributed by atoms with van der Waals surface area (Å²) < 4.78 is 1.59. The highest BCUT2D eigenvalue weighted by Crippen LogP contribution is 2.20. The number of nitrogens with zero attached hydrogens (tertiary/aromatic N) is 3. The maximum absolute atomic E-state index is 12.4. The number of H-pyrrole nitrogens is 2. The molecule has 3 heterocycles. The lowest BCUT2D eigenvalue weighted by molar-refractivity contribution is -0.116. The third-order valence-corrected chi connectivity index (χ3v) is 5.06. The summed E-state index contributed by atoms with van der Waals surface area (Å²) in [6.45, 7) is 0. The van der Waals surface area contributed by atoms with Gasteiger partial charge in [0.1, 0.15) is 5.39 Å². The molecule has 0 atom stereocenters. The van der Waals surface area contributed by atoms with Crippen molar-refractivity contribution in [1.29, 1.82) is 0 Å². The molecule has 30 heavy (non-hydrogen) atoms. The number of amides is 1. The minimum atomic E-state index is -0.231. The van der Waals surface area contributed by atoms with Crippen molar-refractivity contribution in [1.82, 2.24) is 24.7 Å². The molecule has 0 bridgehead atoms. The second-order valence-electron chi connectivity index (χ2n) is 6.98. The molecule has 148 valence electrons. The number of aryl methyl sites for hydroxylation is 1. The molecule has 0 aliphatic carbocycles. The van der Waals surface area contributed by atoms with Crippen LogP contribution in [0.2, 0.25) is 0 Å². The first-order valence-corrected chi connectivity index (χ1v) is 9.56. The Labute approximate surface area is 170 Å². The van der Waals surface area contributed by atoms with E-state index in [0.29, 0.717) is 29.6 Å². The predicted molar refractivity (Wildman–Crippen MR) is 115 cm³/mol. The summed E-state index contributed by atoms with van der Waals surface area (Å²) in [6.07, 6.45) is 5.85. The molecule has 8 nitrogen and oxygen atoms in total. The van der Waals surface area contributed by atoms with E-state index >= 15 is 0 Å². The smallest absolute Gasteiger partial charge is 0.261 e. The molecular weight excluding hydrogens is 380 g/mol. The molecule has 0 spiro atoms. The maximum Gasteiger partial charge on any atom is 0.261 e. The zero-order valence-electron chi connectivity index (χ0n) is 15.9. The fraction of sp³-hybridized carbons (Fsp3) is 0.0909. The number of aromatic nitrogens is 5. The number of benzene rings is 2. The molecule has 0 aliphatic heterocycles. The van der Waals surface area contributed by atoms with Crippen molar-refractivity contribution in [2.45, 2.75) is 12.8 Å². The number of carbonyl (C=O) groups is 1. The number of carbonyl (C=O) groups excluding carboxylic acids is 1. The fourth-order valence-electron chi connectivity index (χ4n) is 3.54. The molecule has 8 heteroatoms. The summed E-state index contributed by atoms with van der Waals surface area (Å²) in [5, 5.41) is 8.74. The number of anilines is 1. The molecule has 3 aromatic heterocycles. The third kappa shape index (κ3) is 3.24. The van der Waals surface area contributed by atoms with Gasteiger partial charge >= 0.3 is 0 Å². The van der Waals surface area contributed by atoms with E-state index in [9.17, 15) is 9.59 Å². The minimum Gasteiger partial charge on any atom is -0.361 e. The van der Waals surface area contributed by atoms with Gasteiger partial charge in [0.25, 0.3) is 5.56 Å². The van der Waals surface area contributed by atoms with Gasteiger partial charge in [-0.05, 0) is 42.3 Å². The van der Waals surface area contributed by atoms with E-state index in [4.69, 9.17) is 0 Å². The van der Waals surface area contributed by atoms with Gasteiger partial charge in [-0.25, -0.2) is 9.67 Å². The monoisotopic (exact) mass is 398 g/mol. The van der Waals surface area contributed by atoms with Crippen LogP contribution < -0.4 is 10.9 Å². The molecule has 3 N–H and O–H groups in total. The van der Waals surface area contributed by atoms with E-state index in [1.165, 1.54) is 12.5 Å². The van der Waals surface area contributed by atoms with E-state index < -0.39 is 0 Å². The van der Waals surface area contributed by atoms with Crippen LogP contribution in [0.25, 0.3) is 27.6 Å². The highest BCUT2D eigenvalue weighted by molar-refractivity contribution is 5.91. The third-order valence-electron chi connectivity index (χ3n) is 5.06. The van der Waals surface area contributed by atoms with E-state index in [-0.39, 0.29) is 11.5 Å². The standard InChI is InChI=1S/C22H18N6O2/c29-20(10-5-14-11-23-19-4-2-1-3-17(14)19)27-15-6-8-16(9-7-15)28-21-18(12-26-28)22(30)25-13-24-21/h1-4,6-9,11-13,23H,5,10H2,(H,27,29)(H,24,25,30). The Bertz CT molecular complexity index is 1410. The number of rotatable bonds is 5. The van der Waals surface area contributed by atoms with E-state index in [0.717, 1.165) is 22.2 Å². The largest absolute Gasteiger partial charge is 0.361 e. The van der Waals surface area contributed by atoms with Gasteiger partial charge in [-0.1, -0.05) is 18.2 Å². The molecule has 0 radical (unpaired) electrons. The Hall–Kier alpha value is -4.20.